The highest BCUT2D eigenvalue weighted by molar-refractivity contribution is 7.22. The number of nitrogens with one attached hydrogen (secondary N) is 1. The van der Waals surface area contributed by atoms with Crippen LogP contribution in [0.15, 0.2) is 36.4 Å². The molecule has 29 heavy (non-hydrogen) atoms. The second-order valence-corrected chi connectivity index (χ2v) is 7.43. The van der Waals surface area contributed by atoms with Gasteiger partial charge in [-0.15, -0.1) is 6.42 Å². The number of aromatic nitrogens is 1. The van der Waals surface area contributed by atoms with E-state index in [4.69, 9.17) is 12.2 Å². The lowest BCUT2D eigenvalue weighted by atomic mass is 10.1. The van der Waals surface area contributed by atoms with Crippen LogP contribution in [-0.4, -0.2) is 36.1 Å². The Hall–Kier alpha value is -3.68. The van der Waals surface area contributed by atoms with Crippen molar-refractivity contribution in [3.63, 3.8) is 0 Å². The van der Waals surface area contributed by atoms with Crippen LogP contribution in [0.3, 0.4) is 0 Å². The summed E-state index contributed by atoms with van der Waals surface area (Å²) in [5.41, 5.74) is 9.04. The molecule has 2 aromatic carbocycles. The molecule has 146 valence electrons. The molecule has 0 spiro atoms. The highest BCUT2D eigenvalue weighted by Gasteiger charge is 2.07. The van der Waals surface area contributed by atoms with Crippen molar-refractivity contribution in [3.8, 4) is 29.9 Å². The Labute approximate surface area is 173 Å². The highest BCUT2D eigenvalue weighted by atomic mass is 32.1. The third kappa shape index (κ3) is 5.19. The summed E-state index contributed by atoms with van der Waals surface area (Å²) in [4.78, 5) is 17.2. The average Bonchev–Trinajstić information content (AvgIpc) is 3.09. The van der Waals surface area contributed by atoms with Gasteiger partial charge in [0.1, 0.15) is 11.3 Å². The molecular formula is C22H20N4O2S. The molecule has 3 rings (SSSR count). The number of thiazole rings is 1. The number of nitrogens with zero attached hydrogens (tertiary/aromatic N) is 2. The van der Waals surface area contributed by atoms with Crippen LogP contribution < -0.4 is 16.0 Å². The molecular weight excluding hydrogens is 384 g/mol. The topological polar surface area (TPSA) is 91.5 Å². The summed E-state index contributed by atoms with van der Waals surface area (Å²) in [5, 5.41) is 13.2. The number of rotatable bonds is 5. The molecule has 0 saturated heterocycles. The van der Waals surface area contributed by atoms with Crippen LogP contribution in [0.25, 0.3) is 10.2 Å². The van der Waals surface area contributed by atoms with Crippen molar-refractivity contribution in [2.45, 2.75) is 6.42 Å². The number of phenolic OH excluding ortho intramolecular Hbond substituents is 1. The fourth-order valence-electron chi connectivity index (χ4n) is 2.77. The number of nitrogen functional groups attached to an aromatic ring is 1. The molecule has 1 heterocycles. The van der Waals surface area contributed by atoms with E-state index in [1.807, 2.05) is 42.1 Å². The summed E-state index contributed by atoms with van der Waals surface area (Å²) >= 11 is 1.32. The van der Waals surface area contributed by atoms with Crippen LogP contribution in [0.1, 0.15) is 11.1 Å². The van der Waals surface area contributed by atoms with Gasteiger partial charge < -0.3 is 21.1 Å². The molecule has 0 bridgehead atoms. The number of carbonyl (C=O) groups excluding carboxylic acids is 1. The van der Waals surface area contributed by atoms with E-state index in [2.05, 4.69) is 28.2 Å². The van der Waals surface area contributed by atoms with Crippen LogP contribution in [0, 0.1) is 24.2 Å². The van der Waals surface area contributed by atoms with E-state index < -0.39 is 5.91 Å². The van der Waals surface area contributed by atoms with Crippen LogP contribution in [0.4, 0.5) is 10.8 Å². The van der Waals surface area contributed by atoms with Crippen LogP contribution in [0.2, 0.25) is 0 Å². The predicted molar refractivity (Wildman–Crippen MR) is 118 cm³/mol. The Bertz CT molecular complexity index is 1150. The number of nitrogens with two attached hydrogens (primary N) is 1. The number of anilines is 2. The van der Waals surface area contributed by atoms with Crippen LogP contribution in [-0.2, 0) is 11.2 Å². The minimum absolute atomic E-state index is 0.0812. The van der Waals surface area contributed by atoms with E-state index in [0.29, 0.717) is 35.7 Å². The zero-order valence-electron chi connectivity index (χ0n) is 15.9. The first-order chi connectivity index (χ1) is 14.0. The largest absolute Gasteiger partial charge is 0.506 e. The third-order valence-corrected chi connectivity index (χ3v) is 5.05. The van der Waals surface area contributed by atoms with Crippen molar-refractivity contribution in [1.29, 1.82) is 0 Å². The molecule has 1 amide bonds. The fraction of sp³-hybridized carbons (Fsp3) is 0.182. The second-order valence-electron chi connectivity index (χ2n) is 6.37. The van der Waals surface area contributed by atoms with Gasteiger partial charge in [-0.1, -0.05) is 35.3 Å². The molecule has 1 aromatic heterocycles. The first-order valence-corrected chi connectivity index (χ1v) is 9.70. The van der Waals surface area contributed by atoms with Gasteiger partial charge in [-0.25, -0.2) is 4.98 Å². The average molecular weight is 404 g/mol. The standard InChI is InChI=1S/C22H20N4O2S/c1-3-20(28)24-10-9-15-6-4-8-17(12-15)26(2)11-5-7-16-13-18(27)21-19(14-16)29-22(23)25-21/h1,4,6,8,12-14,27H,9-11H2,2H3,(H2,23,25)(H,24,28). The molecule has 3 aromatic rings. The monoisotopic (exact) mass is 404 g/mol. The van der Waals surface area contributed by atoms with Gasteiger partial charge in [0.05, 0.1) is 11.2 Å². The van der Waals surface area contributed by atoms with Gasteiger partial charge in [-0.2, -0.15) is 0 Å². The van der Waals surface area contributed by atoms with Crippen molar-refractivity contribution in [2.75, 3.05) is 30.8 Å². The number of carbonyl (C=O) groups is 1. The van der Waals surface area contributed by atoms with Crippen LogP contribution >= 0.6 is 11.3 Å². The minimum Gasteiger partial charge on any atom is -0.506 e. The smallest absolute Gasteiger partial charge is 0.295 e. The predicted octanol–water partition coefficient (Wildman–Crippen LogP) is 2.36. The summed E-state index contributed by atoms with van der Waals surface area (Å²) in [6, 6.07) is 11.5. The van der Waals surface area contributed by atoms with Gasteiger partial charge in [0.25, 0.3) is 5.91 Å². The lowest BCUT2D eigenvalue weighted by Gasteiger charge is -2.17. The van der Waals surface area contributed by atoms with E-state index in [1.165, 1.54) is 11.3 Å². The Morgan fingerprint density at radius 3 is 3.00 bits per heavy atom. The highest BCUT2D eigenvalue weighted by Crippen LogP contribution is 2.31. The third-order valence-electron chi connectivity index (χ3n) is 4.22. The lowest BCUT2D eigenvalue weighted by Crippen LogP contribution is -2.24. The molecule has 4 N–H and O–H groups in total. The summed E-state index contributed by atoms with van der Waals surface area (Å²) in [7, 11) is 1.96. The molecule has 0 radical (unpaired) electrons. The number of aromatic hydroxyl groups is 1. The number of amides is 1. The van der Waals surface area contributed by atoms with E-state index in [9.17, 15) is 9.90 Å². The van der Waals surface area contributed by atoms with Crippen molar-refractivity contribution >= 4 is 38.3 Å². The molecule has 0 fully saturated rings. The molecule has 7 heteroatoms. The molecule has 0 aliphatic heterocycles. The van der Waals surface area contributed by atoms with Gasteiger partial charge in [0.2, 0.25) is 0 Å². The zero-order valence-corrected chi connectivity index (χ0v) is 16.7. The Morgan fingerprint density at radius 1 is 1.38 bits per heavy atom. The first-order valence-electron chi connectivity index (χ1n) is 8.88. The van der Waals surface area contributed by atoms with Gasteiger partial charge in [-0.3, -0.25) is 4.79 Å². The molecule has 0 atom stereocenters. The van der Waals surface area contributed by atoms with Crippen molar-refractivity contribution in [1.82, 2.24) is 10.3 Å². The minimum atomic E-state index is -0.404. The number of hydrogen-bond acceptors (Lipinski definition) is 6. The Kier molecular flexibility index (Phi) is 6.23. The van der Waals surface area contributed by atoms with Crippen molar-refractivity contribution in [3.05, 3.63) is 47.5 Å². The van der Waals surface area contributed by atoms with Crippen LogP contribution in [0.5, 0.6) is 5.75 Å². The summed E-state index contributed by atoms with van der Waals surface area (Å²) in [5.74, 6) is 7.91. The van der Waals surface area contributed by atoms with Gasteiger partial charge in [0.15, 0.2) is 5.13 Å². The second kappa shape index (κ2) is 9.01. The van der Waals surface area contributed by atoms with E-state index in [1.54, 1.807) is 6.07 Å². The maximum atomic E-state index is 11.1. The lowest BCUT2D eigenvalue weighted by molar-refractivity contribution is -0.115. The van der Waals surface area contributed by atoms with Gasteiger partial charge in [0, 0.05) is 24.8 Å². The summed E-state index contributed by atoms with van der Waals surface area (Å²) in [6.07, 6.45) is 5.73. The number of terminal acetylenes is 1. The van der Waals surface area contributed by atoms with Gasteiger partial charge >= 0.3 is 0 Å². The molecule has 0 unspecified atom stereocenters. The summed E-state index contributed by atoms with van der Waals surface area (Å²) in [6.45, 7) is 1.00. The Morgan fingerprint density at radius 2 is 2.21 bits per heavy atom. The number of phenols is 1. The maximum Gasteiger partial charge on any atom is 0.295 e. The zero-order chi connectivity index (χ0) is 20.8. The molecule has 0 saturated carbocycles. The molecule has 0 aliphatic carbocycles. The SMILES string of the molecule is C#CC(=O)NCCc1cccc(N(C)CC#Cc2cc(O)c3nc(N)sc3c2)c1. The van der Waals surface area contributed by atoms with E-state index in [-0.39, 0.29) is 5.75 Å². The maximum absolute atomic E-state index is 11.1. The number of fused-ring (bicyclic) bond motifs is 1. The molecule has 0 aliphatic rings. The fourth-order valence-corrected chi connectivity index (χ4v) is 3.57. The van der Waals surface area contributed by atoms with Gasteiger partial charge in [-0.05, 0) is 42.2 Å². The summed E-state index contributed by atoms with van der Waals surface area (Å²) < 4.78 is 0.810. The van der Waals surface area contributed by atoms with E-state index >= 15 is 0 Å². The number of benzene rings is 2. The molecule has 6 nitrogen and oxygen atoms in total. The quantitative estimate of drug-likeness (QED) is 0.568. The number of hydrogen-bond donors (Lipinski definition) is 3. The normalized spacial score (nSPS) is 10.1. The van der Waals surface area contributed by atoms with Crippen molar-refractivity contribution in [2.24, 2.45) is 0 Å². The Balaban J connectivity index is 1.64. The van der Waals surface area contributed by atoms with Crippen molar-refractivity contribution < 1.29 is 9.90 Å². The van der Waals surface area contributed by atoms with E-state index in [0.717, 1.165) is 16.0 Å². The first kappa shape index (κ1) is 20.1.